The first-order valence-corrected chi connectivity index (χ1v) is 2.05. The van der Waals surface area contributed by atoms with Crippen molar-refractivity contribution in [3.05, 3.63) is 0 Å². The van der Waals surface area contributed by atoms with E-state index in [0.29, 0.717) is 0 Å². The molecular weight excluding hydrogens is 233 g/mol. The fraction of sp³-hybridized carbons (Fsp3) is 0. The maximum Gasteiger partial charge on any atom is 1.00 e. The van der Waals surface area contributed by atoms with Crippen LogP contribution in [0.5, 0.6) is 0 Å². The van der Waals surface area contributed by atoms with Crippen molar-refractivity contribution >= 4 is 59.3 Å². The number of rotatable bonds is 0. The Kier molecular flexibility index (Phi) is 5.99. The third kappa shape index (κ3) is 51.7. The minimum atomic E-state index is -4.92. The zero-order chi connectivity index (χ0) is 4.50. The molecule has 4 nitrogen and oxygen atoms in total. The molecule has 0 aliphatic carbocycles. The summed E-state index contributed by atoms with van der Waals surface area (Å²) in [5.41, 5.74) is 0. The van der Waals surface area contributed by atoms with Gasteiger partial charge in [0, 0.05) is 0 Å². The van der Waals surface area contributed by atoms with E-state index < -0.39 is 10.4 Å². The minimum absolute atomic E-state index is 0. The Bertz CT molecular complexity index is 94.9. The molecule has 0 saturated carbocycles. The predicted octanol–water partition coefficient (Wildman–Crippen LogP) is -1.80. The van der Waals surface area contributed by atoms with Gasteiger partial charge in [0.2, 0.25) is 10.4 Å². The Hall–Kier alpha value is 1.44. The van der Waals surface area contributed by atoms with Gasteiger partial charge in [0.25, 0.3) is 0 Å². The zero-order valence-corrected chi connectivity index (χ0v) is 2.90. The first-order valence-electron chi connectivity index (χ1n) is 0.683. The van der Waals surface area contributed by atoms with Crippen LogP contribution in [0.15, 0.2) is 0 Å². The average Bonchev–Trinajstić information content (AvgIpc) is 0.722. The molecule has 0 spiro atoms. The fourth-order valence-electron chi connectivity index (χ4n) is 0. The van der Waals surface area contributed by atoms with Gasteiger partial charge >= 0.3 is 50.3 Å². The van der Waals surface area contributed by atoms with Gasteiger partial charge in [-0.25, -0.2) is 8.42 Å². The van der Waals surface area contributed by atoms with Crippen LogP contribution < -0.4 is 0 Å². The van der Waals surface area contributed by atoms with Crippen molar-refractivity contribution in [2.45, 2.75) is 0 Å². The third-order valence-electron chi connectivity index (χ3n) is 0. The Labute approximate surface area is 77.1 Å². The van der Waals surface area contributed by atoms with Crippen molar-refractivity contribution in [1.82, 2.24) is 0 Å². The van der Waals surface area contributed by atoms with Crippen molar-refractivity contribution in [2.75, 3.05) is 0 Å². The number of hydrogen-bond acceptors (Lipinski definition) is 3. The molecule has 0 aromatic rings. The third-order valence-corrected chi connectivity index (χ3v) is 0. The van der Waals surface area contributed by atoms with Gasteiger partial charge in [0.05, 0.1) is 0 Å². The van der Waals surface area contributed by atoms with Crippen LogP contribution in [-0.2, 0) is 10.4 Å². The average molecular weight is 237 g/mol. The van der Waals surface area contributed by atoms with Gasteiger partial charge < -0.3 is 4.55 Å². The van der Waals surface area contributed by atoms with Gasteiger partial charge in [-0.05, 0) is 0 Å². The molecule has 0 aromatic heterocycles. The molecule has 6 heavy (non-hydrogen) atoms. The first-order chi connectivity index (χ1) is 2.00. The second-order valence-corrected chi connectivity index (χ2v) is 1.28. The Balaban J connectivity index is -0.0000000800. The van der Waals surface area contributed by atoms with Crippen LogP contribution in [0.1, 0.15) is 1.43 Å². The van der Waals surface area contributed by atoms with Gasteiger partial charge in [0.1, 0.15) is 0 Å². The summed E-state index contributed by atoms with van der Waals surface area (Å²) in [6.45, 7) is 0. The Morgan fingerprint density at radius 2 is 1.67 bits per heavy atom. The quantitative estimate of drug-likeness (QED) is 0.306. The van der Waals surface area contributed by atoms with E-state index in [2.05, 4.69) is 0 Å². The molecule has 0 rings (SSSR count). The van der Waals surface area contributed by atoms with Crippen molar-refractivity contribution in [3.63, 3.8) is 0 Å². The molecule has 0 amide bonds. The maximum atomic E-state index is 8.63. The van der Waals surface area contributed by atoms with E-state index >= 15 is 0 Å². The van der Waals surface area contributed by atoms with E-state index in [9.17, 15) is 0 Å². The molecule has 0 radical (unpaired) electrons. The first kappa shape index (κ1) is 10.4. The van der Waals surface area contributed by atoms with Crippen molar-refractivity contribution in [2.24, 2.45) is 0 Å². The van der Waals surface area contributed by atoms with Crippen molar-refractivity contribution in [3.8, 4) is 0 Å². The molecule has 1 N–H and O–H groups in total. The zero-order valence-electron chi connectivity index (χ0n) is 3.08. The van der Waals surface area contributed by atoms with Gasteiger partial charge in [0.15, 0.2) is 0 Å². The molecule has 0 aliphatic heterocycles. The summed E-state index contributed by atoms with van der Waals surface area (Å²) in [4.78, 5) is 0. The molecule has 0 bridgehead atoms. The Morgan fingerprint density at radius 3 is 1.67 bits per heavy atom. The van der Waals surface area contributed by atoms with Crippen LogP contribution in [0.25, 0.3) is 0 Å². The molecule has 0 aliphatic rings. The van der Waals surface area contributed by atoms with E-state index in [4.69, 9.17) is 17.5 Å². The normalized spacial score (nSPS) is 9.67. The molecule has 36 valence electrons. The van der Waals surface area contributed by atoms with E-state index in [0.717, 1.165) is 0 Å². The van der Waals surface area contributed by atoms with Crippen LogP contribution in [0.3, 0.4) is 0 Å². The minimum Gasteiger partial charge on any atom is 1.00 e. The van der Waals surface area contributed by atoms with Crippen LogP contribution in [0.2, 0.25) is 0 Å². The van der Waals surface area contributed by atoms with E-state index in [1.54, 1.807) is 0 Å². The summed E-state index contributed by atoms with van der Waals surface area (Å²) in [5.74, 6) is 0. The molecule has 0 fully saturated rings. The molecule has 0 saturated heterocycles. The molecule has 6 heteroatoms. The molecular formula is H4BaO4S. The van der Waals surface area contributed by atoms with E-state index in [-0.39, 0.29) is 50.3 Å². The summed E-state index contributed by atoms with van der Waals surface area (Å²) in [6.07, 6.45) is 0. The topological polar surface area (TPSA) is 77.4 Å². The summed E-state index contributed by atoms with van der Waals surface area (Å²) in [6, 6.07) is 0. The predicted molar refractivity (Wildman–Crippen MR) is 22.0 cm³/mol. The summed E-state index contributed by atoms with van der Waals surface area (Å²) < 4.78 is 32.8. The van der Waals surface area contributed by atoms with E-state index in [1.165, 1.54) is 0 Å². The number of hydrogen-bond donors (Lipinski definition) is 1. The van der Waals surface area contributed by atoms with Crippen LogP contribution in [0, 0.1) is 0 Å². The second kappa shape index (κ2) is 3.44. The second-order valence-electron chi connectivity index (χ2n) is 0.428. The SMILES string of the molecule is O=S(=O)([O-])O.[BaH2].[H+]. The van der Waals surface area contributed by atoms with Crippen LogP contribution >= 0.6 is 0 Å². The fourth-order valence-corrected chi connectivity index (χ4v) is 0. The van der Waals surface area contributed by atoms with Crippen LogP contribution in [0.4, 0.5) is 0 Å². The maximum absolute atomic E-state index is 8.63. The standard InChI is InChI=1S/Ba.H2O4S.2H/c;1-5(2,3)4;;/h;(H2,1,2,3,4);;. The smallest absolute Gasteiger partial charge is 1.00 e. The molecule has 0 heterocycles. The summed E-state index contributed by atoms with van der Waals surface area (Å²) in [5, 5.41) is 0. The molecule has 0 aromatic carbocycles. The van der Waals surface area contributed by atoms with Crippen LogP contribution in [-0.4, -0.2) is 66.4 Å². The van der Waals surface area contributed by atoms with Gasteiger partial charge in [-0.3, -0.25) is 4.55 Å². The summed E-state index contributed by atoms with van der Waals surface area (Å²) in [7, 11) is -4.92. The largest absolute Gasteiger partial charge is 1.00 e. The van der Waals surface area contributed by atoms with Crippen molar-refractivity contribution in [1.29, 1.82) is 0 Å². The van der Waals surface area contributed by atoms with E-state index in [1.807, 2.05) is 0 Å². The molecule has 0 atom stereocenters. The van der Waals surface area contributed by atoms with Gasteiger partial charge in [-0.1, -0.05) is 0 Å². The Morgan fingerprint density at radius 1 is 1.67 bits per heavy atom. The van der Waals surface area contributed by atoms with Gasteiger partial charge in [-0.2, -0.15) is 0 Å². The van der Waals surface area contributed by atoms with Crippen molar-refractivity contribution < 1.29 is 18.9 Å². The molecule has 0 unspecified atom stereocenters. The monoisotopic (exact) mass is 238 g/mol. The summed E-state index contributed by atoms with van der Waals surface area (Å²) >= 11 is 0. The van der Waals surface area contributed by atoms with Gasteiger partial charge in [-0.15, -0.1) is 0 Å².